The lowest BCUT2D eigenvalue weighted by Crippen LogP contribution is -2.43. The van der Waals surface area contributed by atoms with Gasteiger partial charge in [-0.25, -0.2) is 8.42 Å². The SMILES string of the molecule is CCNC(CC)C(C)S(=O)(=O)CCCOC. The molecule has 5 heteroatoms. The third-order valence-corrected chi connectivity index (χ3v) is 5.14. The zero-order valence-electron chi connectivity index (χ0n) is 10.8. The molecule has 16 heavy (non-hydrogen) atoms. The minimum absolute atomic E-state index is 0.0533. The Morgan fingerprint density at radius 3 is 2.38 bits per heavy atom. The highest BCUT2D eigenvalue weighted by Crippen LogP contribution is 2.11. The van der Waals surface area contributed by atoms with E-state index in [9.17, 15) is 8.42 Å². The van der Waals surface area contributed by atoms with E-state index >= 15 is 0 Å². The molecule has 2 unspecified atom stereocenters. The fourth-order valence-corrected chi connectivity index (χ4v) is 3.43. The van der Waals surface area contributed by atoms with E-state index in [1.54, 1.807) is 14.0 Å². The molecule has 0 saturated heterocycles. The Morgan fingerprint density at radius 1 is 1.31 bits per heavy atom. The molecule has 0 aliphatic rings. The number of hydrogen-bond donors (Lipinski definition) is 1. The summed E-state index contributed by atoms with van der Waals surface area (Å²) in [6.45, 7) is 7.10. The molecular weight excluding hydrogens is 226 g/mol. The van der Waals surface area contributed by atoms with Crippen molar-refractivity contribution in [2.24, 2.45) is 0 Å². The second-order valence-electron chi connectivity index (χ2n) is 3.99. The van der Waals surface area contributed by atoms with E-state index in [0.717, 1.165) is 13.0 Å². The Morgan fingerprint density at radius 2 is 1.94 bits per heavy atom. The van der Waals surface area contributed by atoms with Crippen LogP contribution in [-0.2, 0) is 14.6 Å². The van der Waals surface area contributed by atoms with E-state index in [2.05, 4.69) is 5.32 Å². The molecular formula is C11H25NO3S. The van der Waals surface area contributed by atoms with E-state index in [1.807, 2.05) is 13.8 Å². The first-order chi connectivity index (χ1) is 7.49. The summed E-state index contributed by atoms with van der Waals surface area (Å²) in [6.07, 6.45) is 1.41. The molecule has 1 N–H and O–H groups in total. The summed E-state index contributed by atoms with van der Waals surface area (Å²) in [5.74, 6) is 0.212. The summed E-state index contributed by atoms with van der Waals surface area (Å²) >= 11 is 0. The Hall–Kier alpha value is -0.130. The average molecular weight is 251 g/mol. The quantitative estimate of drug-likeness (QED) is 0.626. The highest BCUT2D eigenvalue weighted by Gasteiger charge is 2.27. The third kappa shape index (κ3) is 5.27. The van der Waals surface area contributed by atoms with Crippen molar-refractivity contribution in [2.45, 2.75) is 44.9 Å². The van der Waals surface area contributed by atoms with Gasteiger partial charge in [-0.3, -0.25) is 0 Å². The molecule has 0 aromatic heterocycles. The lowest BCUT2D eigenvalue weighted by atomic mass is 10.2. The van der Waals surface area contributed by atoms with Gasteiger partial charge in [-0.15, -0.1) is 0 Å². The van der Waals surface area contributed by atoms with Crippen molar-refractivity contribution in [3.8, 4) is 0 Å². The summed E-state index contributed by atoms with van der Waals surface area (Å²) in [5.41, 5.74) is 0. The zero-order chi connectivity index (χ0) is 12.6. The highest BCUT2D eigenvalue weighted by molar-refractivity contribution is 7.92. The van der Waals surface area contributed by atoms with Crippen LogP contribution in [0.15, 0.2) is 0 Å². The van der Waals surface area contributed by atoms with Gasteiger partial charge >= 0.3 is 0 Å². The maximum Gasteiger partial charge on any atom is 0.154 e. The van der Waals surface area contributed by atoms with Crippen molar-refractivity contribution in [1.29, 1.82) is 0 Å². The summed E-state index contributed by atoms with van der Waals surface area (Å²) in [7, 11) is -1.42. The molecule has 0 amide bonds. The van der Waals surface area contributed by atoms with Crippen LogP contribution in [-0.4, -0.2) is 45.7 Å². The van der Waals surface area contributed by atoms with Crippen LogP contribution in [0.5, 0.6) is 0 Å². The van der Waals surface area contributed by atoms with Gasteiger partial charge in [-0.1, -0.05) is 13.8 Å². The van der Waals surface area contributed by atoms with Gasteiger partial charge in [0.1, 0.15) is 0 Å². The number of hydrogen-bond acceptors (Lipinski definition) is 4. The second kappa shape index (κ2) is 8.03. The van der Waals surface area contributed by atoms with Crippen LogP contribution < -0.4 is 5.32 Å². The Kier molecular flexibility index (Phi) is 7.97. The summed E-state index contributed by atoms with van der Waals surface area (Å²) in [6, 6.07) is 0.0533. The Labute approximate surface area is 99.7 Å². The highest BCUT2D eigenvalue weighted by atomic mass is 32.2. The van der Waals surface area contributed by atoms with Crippen LogP contribution in [0.3, 0.4) is 0 Å². The maximum atomic E-state index is 12.0. The van der Waals surface area contributed by atoms with Gasteiger partial charge in [0.2, 0.25) is 0 Å². The molecule has 4 nitrogen and oxygen atoms in total. The first-order valence-corrected chi connectivity index (χ1v) is 7.65. The predicted molar refractivity (Wildman–Crippen MR) is 67.5 cm³/mol. The fraction of sp³-hybridized carbons (Fsp3) is 1.00. The first kappa shape index (κ1) is 15.9. The van der Waals surface area contributed by atoms with Gasteiger partial charge in [-0.05, 0) is 26.3 Å². The number of methoxy groups -OCH3 is 1. The van der Waals surface area contributed by atoms with Crippen LogP contribution in [0.2, 0.25) is 0 Å². The summed E-state index contributed by atoms with van der Waals surface area (Å²) in [5, 5.41) is 2.89. The molecule has 0 aliphatic carbocycles. The van der Waals surface area contributed by atoms with E-state index < -0.39 is 9.84 Å². The third-order valence-electron chi connectivity index (χ3n) is 2.82. The number of rotatable bonds is 9. The van der Waals surface area contributed by atoms with Gasteiger partial charge in [0.25, 0.3) is 0 Å². The van der Waals surface area contributed by atoms with Gasteiger partial charge in [0.15, 0.2) is 9.84 Å². The van der Waals surface area contributed by atoms with Crippen LogP contribution in [0.4, 0.5) is 0 Å². The fourth-order valence-electron chi connectivity index (χ4n) is 1.75. The van der Waals surface area contributed by atoms with Crippen molar-refractivity contribution in [1.82, 2.24) is 5.32 Å². The van der Waals surface area contributed by atoms with Crippen molar-refractivity contribution < 1.29 is 13.2 Å². The Balaban J connectivity index is 4.36. The molecule has 0 aromatic rings. The number of ether oxygens (including phenoxy) is 1. The molecule has 0 aromatic carbocycles. The molecule has 0 saturated carbocycles. The second-order valence-corrected chi connectivity index (χ2v) is 6.47. The monoisotopic (exact) mass is 251 g/mol. The van der Waals surface area contributed by atoms with Gasteiger partial charge in [-0.2, -0.15) is 0 Å². The lowest BCUT2D eigenvalue weighted by molar-refractivity contribution is 0.199. The van der Waals surface area contributed by atoms with Crippen molar-refractivity contribution in [2.75, 3.05) is 26.0 Å². The van der Waals surface area contributed by atoms with Crippen LogP contribution in [0, 0.1) is 0 Å². The average Bonchev–Trinajstić information content (AvgIpc) is 2.25. The minimum atomic E-state index is -3.01. The van der Waals surface area contributed by atoms with Gasteiger partial charge in [0.05, 0.1) is 11.0 Å². The van der Waals surface area contributed by atoms with Crippen molar-refractivity contribution in [3.05, 3.63) is 0 Å². The van der Waals surface area contributed by atoms with Gasteiger partial charge in [0, 0.05) is 19.8 Å². The van der Waals surface area contributed by atoms with Crippen molar-refractivity contribution >= 4 is 9.84 Å². The molecule has 2 atom stereocenters. The van der Waals surface area contributed by atoms with Crippen molar-refractivity contribution in [3.63, 3.8) is 0 Å². The molecule has 0 spiro atoms. The minimum Gasteiger partial charge on any atom is -0.385 e. The molecule has 0 radical (unpaired) electrons. The smallest absolute Gasteiger partial charge is 0.154 e. The molecule has 0 rings (SSSR count). The largest absolute Gasteiger partial charge is 0.385 e. The topological polar surface area (TPSA) is 55.4 Å². The predicted octanol–water partition coefficient (Wildman–Crippen LogP) is 1.21. The molecule has 98 valence electrons. The summed E-state index contributed by atoms with van der Waals surface area (Å²) < 4.78 is 28.8. The van der Waals surface area contributed by atoms with Crippen LogP contribution >= 0.6 is 0 Å². The standard InChI is InChI=1S/C11H25NO3S/c1-5-11(12-6-2)10(3)16(13,14)9-7-8-15-4/h10-12H,5-9H2,1-4H3. The molecule has 0 bridgehead atoms. The van der Waals surface area contributed by atoms with E-state index in [0.29, 0.717) is 13.0 Å². The maximum absolute atomic E-state index is 12.0. The summed E-state index contributed by atoms with van der Waals surface area (Å²) in [4.78, 5) is 0. The molecule has 0 aliphatic heterocycles. The first-order valence-electron chi connectivity index (χ1n) is 5.93. The molecule has 0 fully saturated rings. The molecule has 0 heterocycles. The number of sulfone groups is 1. The normalized spacial score (nSPS) is 16.0. The van der Waals surface area contributed by atoms with E-state index in [4.69, 9.17) is 4.74 Å². The van der Waals surface area contributed by atoms with Crippen LogP contribution in [0.25, 0.3) is 0 Å². The van der Waals surface area contributed by atoms with E-state index in [-0.39, 0.29) is 17.0 Å². The van der Waals surface area contributed by atoms with Gasteiger partial charge < -0.3 is 10.1 Å². The lowest BCUT2D eigenvalue weighted by Gasteiger charge is -2.23. The van der Waals surface area contributed by atoms with E-state index in [1.165, 1.54) is 0 Å². The number of nitrogens with one attached hydrogen (secondary N) is 1. The van der Waals surface area contributed by atoms with Crippen LogP contribution in [0.1, 0.15) is 33.6 Å². The zero-order valence-corrected chi connectivity index (χ0v) is 11.6. The Bertz CT molecular complexity index is 264.